The van der Waals surface area contributed by atoms with Crippen LogP contribution in [0, 0.1) is 0 Å². The van der Waals surface area contributed by atoms with E-state index in [-0.39, 0.29) is 11.8 Å². The lowest BCUT2D eigenvalue weighted by Crippen LogP contribution is -2.38. The maximum Gasteiger partial charge on any atom is 0.225 e. The second kappa shape index (κ2) is 10.7. The van der Waals surface area contributed by atoms with Gasteiger partial charge in [-0.3, -0.25) is 0 Å². The maximum absolute atomic E-state index is 10.3. The fraction of sp³-hybridized carbons (Fsp3) is 0.448. The average molecular weight is 513 g/mol. The van der Waals surface area contributed by atoms with Crippen LogP contribution >= 0.6 is 0 Å². The summed E-state index contributed by atoms with van der Waals surface area (Å²) in [5.74, 6) is 1.50. The minimum absolute atomic E-state index is 0.0831. The van der Waals surface area contributed by atoms with Crippen LogP contribution in [0.3, 0.4) is 0 Å². The van der Waals surface area contributed by atoms with E-state index in [1.807, 2.05) is 36.7 Å². The van der Waals surface area contributed by atoms with Gasteiger partial charge in [-0.05, 0) is 69.1 Å². The van der Waals surface area contributed by atoms with E-state index < -0.39 is 0 Å². The summed E-state index contributed by atoms with van der Waals surface area (Å²) in [5, 5.41) is 23.6. The van der Waals surface area contributed by atoms with Gasteiger partial charge >= 0.3 is 0 Å². The van der Waals surface area contributed by atoms with Crippen LogP contribution in [-0.4, -0.2) is 74.4 Å². The summed E-state index contributed by atoms with van der Waals surface area (Å²) in [6, 6.07) is 9.36. The summed E-state index contributed by atoms with van der Waals surface area (Å²) < 4.78 is 0. The topological polar surface area (TPSA) is 106 Å². The zero-order chi connectivity index (χ0) is 26.1. The lowest BCUT2D eigenvalue weighted by Gasteiger charge is -2.34. The van der Waals surface area contributed by atoms with Crippen molar-refractivity contribution in [2.24, 2.45) is 0 Å². The molecule has 4 aromatic rings. The fourth-order valence-electron chi connectivity index (χ4n) is 6.01. The molecule has 2 aliphatic heterocycles. The summed E-state index contributed by atoms with van der Waals surface area (Å²) in [4.78, 5) is 18.0. The predicted octanol–water partition coefficient (Wildman–Crippen LogP) is 4.03. The number of H-pyrrole nitrogens is 1. The standard InChI is InChI=1S/C29H36N8O/c1-3-30-11-15-36-12-8-20(9-13-36)21-17-31-29(32-18-21)37-14-10-24-27(19(37)2)23-16-25(34-35-28(23)33-24)22-6-4-5-7-26(22)38/h4-7,16-20,30,38H,3,8-15H2,1-2H3,(H,33,35)/t19-/m1/s1. The van der Waals surface area contributed by atoms with Crippen LogP contribution in [0.1, 0.15) is 55.5 Å². The molecule has 0 aliphatic carbocycles. The third-order valence-corrected chi connectivity index (χ3v) is 8.18. The smallest absolute Gasteiger partial charge is 0.225 e. The summed E-state index contributed by atoms with van der Waals surface area (Å²) in [6.45, 7) is 10.7. The second-order valence-electron chi connectivity index (χ2n) is 10.4. The Bertz CT molecular complexity index is 1390. The van der Waals surface area contributed by atoms with Crippen molar-refractivity contribution in [3.63, 3.8) is 0 Å². The number of para-hydroxylation sites is 1. The van der Waals surface area contributed by atoms with Crippen LogP contribution in [-0.2, 0) is 6.42 Å². The highest BCUT2D eigenvalue weighted by Gasteiger charge is 2.30. The molecule has 0 spiro atoms. The van der Waals surface area contributed by atoms with Gasteiger partial charge in [0, 0.05) is 60.7 Å². The first-order chi connectivity index (χ1) is 18.6. The highest BCUT2D eigenvalue weighted by atomic mass is 16.3. The van der Waals surface area contributed by atoms with Gasteiger partial charge in [0.25, 0.3) is 0 Å². The van der Waals surface area contributed by atoms with Crippen LogP contribution in [0.4, 0.5) is 5.95 Å². The first-order valence-electron chi connectivity index (χ1n) is 13.8. The number of piperidine rings is 1. The molecule has 3 N–H and O–H groups in total. The van der Waals surface area contributed by atoms with Gasteiger partial charge in [-0.15, -0.1) is 10.2 Å². The number of aromatic amines is 1. The third kappa shape index (κ3) is 4.72. The van der Waals surface area contributed by atoms with Crippen molar-refractivity contribution in [2.75, 3.05) is 44.2 Å². The first-order valence-corrected chi connectivity index (χ1v) is 13.8. The monoisotopic (exact) mass is 512 g/mol. The Morgan fingerprint density at radius 3 is 2.63 bits per heavy atom. The number of aromatic hydroxyl groups is 1. The second-order valence-corrected chi connectivity index (χ2v) is 10.4. The molecule has 0 bridgehead atoms. The number of likely N-dealkylation sites (tertiary alicyclic amines) is 1. The van der Waals surface area contributed by atoms with Crippen LogP contribution in [0.5, 0.6) is 5.75 Å². The Morgan fingerprint density at radius 1 is 1.08 bits per heavy atom. The molecule has 38 heavy (non-hydrogen) atoms. The first kappa shape index (κ1) is 24.8. The molecular weight excluding hydrogens is 476 g/mol. The molecule has 0 amide bonds. The number of phenols is 1. The van der Waals surface area contributed by atoms with Crippen LogP contribution in [0.2, 0.25) is 0 Å². The van der Waals surface area contributed by atoms with Crippen LogP contribution in [0.15, 0.2) is 42.7 Å². The molecule has 198 valence electrons. The van der Waals surface area contributed by atoms with Crippen LogP contribution < -0.4 is 10.2 Å². The number of fused-ring (bicyclic) bond motifs is 3. The highest BCUT2D eigenvalue weighted by Crippen LogP contribution is 2.38. The molecule has 2 aliphatic rings. The van der Waals surface area contributed by atoms with Gasteiger partial charge in [0.2, 0.25) is 5.95 Å². The summed E-state index contributed by atoms with van der Waals surface area (Å²) in [7, 11) is 0. The van der Waals surface area contributed by atoms with E-state index in [1.165, 1.54) is 16.8 Å². The number of aromatic nitrogens is 5. The van der Waals surface area contributed by atoms with E-state index in [1.54, 1.807) is 6.07 Å². The minimum Gasteiger partial charge on any atom is -0.507 e. The Morgan fingerprint density at radius 2 is 1.87 bits per heavy atom. The lowest BCUT2D eigenvalue weighted by atomic mass is 9.91. The normalized spacial score (nSPS) is 18.7. The Balaban J connectivity index is 1.19. The van der Waals surface area contributed by atoms with E-state index in [4.69, 9.17) is 9.97 Å². The van der Waals surface area contributed by atoms with Crippen molar-refractivity contribution in [3.8, 4) is 17.0 Å². The Hall–Kier alpha value is -3.56. The van der Waals surface area contributed by atoms with E-state index in [2.05, 4.69) is 44.1 Å². The molecule has 1 aromatic carbocycles. The number of nitrogens with one attached hydrogen (secondary N) is 2. The SMILES string of the molecule is CCNCCN1CCC(c2cnc(N3CCc4[nH]c5nnc(-c6ccccc6O)cc5c4[C@H]3C)nc2)CC1. The Kier molecular flexibility index (Phi) is 6.95. The molecule has 0 saturated carbocycles. The van der Waals surface area contributed by atoms with Crippen molar-refractivity contribution in [3.05, 3.63) is 59.5 Å². The number of rotatable bonds is 7. The minimum atomic E-state index is 0.0831. The largest absolute Gasteiger partial charge is 0.507 e. The van der Waals surface area contributed by atoms with Gasteiger partial charge in [0.1, 0.15) is 5.75 Å². The zero-order valence-corrected chi connectivity index (χ0v) is 22.2. The van der Waals surface area contributed by atoms with Gasteiger partial charge in [-0.2, -0.15) is 0 Å². The fourth-order valence-corrected chi connectivity index (χ4v) is 6.01. The number of hydrogen-bond acceptors (Lipinski definition) is 8. The molecule has 9 nitrogen and oxygen atoms in total. The zero-order valence-electron chi connectivity index (χ0n) is 22.2. The highest BCUT2D eigenvalue weighted by molar-refractivity contribution is 5.86. The van der Waals surface area contributed by atoms with Gasteiger partial charge < -0.3 is 25.2 Å². The molecule has 5 heterocycles. The number of phenolic OH excluding ortho intramolecular Hbond substituents is 1. The van der Waals surface area contributed by atoms with E-state index in [0.29, 0.717) is 17.2 Å². The molecule has 9 heteroatoms. The van der Waals surface area contributed by atoms with E-state index in [0.717, 1.165) is 75.5 Å². The number of benzene rings is 1. The Labute approximate surface area is 223 Å². The molecule has 0 radical (unpaired) electrons. The molecule has 1 fully saturated rings. The van der Waals surface area contributed by atoms with E-state index in [9.17, 15) is 5.11 Å². The van der Waals surface area contributed by atoms with Gasteiger partial charge in [0.15, 0.2) is 5.65 Å². The summed E-state index contributed by atoms with van der Waals surface area (Å²) in [6.07, 6.45) is 7.27. The van der Waals surface area contributed by atoms with Crippen molar-refractivity contribution in [2.45, 2.75) is 45.1 Å². The number of hydrogen-bond donors (Lipinski definition) is 3. The molecule has 3 aromatic heterocycles. The predicted molar refractivity (Wildman–Crippen MR) is 149 cm³/mol. The summed E-state index contributed by atoms with van der Waals surface area (Å²) >= 11 is 0. The quantitative estimate of drug-likeness (QED) is 0.319. The van der Waals surface area contributed by atoms with Crippen molar-refractivity contribution in [1.29, 1.82) is 0 Å². The molecule has 0 unspecified atom stereocenters. The van der Waals surface area contributed by atoms with Gasteiger partial charge in [-0.25, -0.2) is 9.97 Å². The summed E-state index contributed by atoms with van der Waals surface area (Å²) in [5.41, 5.74) is 5.76. The van der Waals surface area contributed by atoms with Gasteiger partial charge in [0.05, 0.1) is 11.7 Å². The lowest BCUT2D eigenvalue weighted by molar-refractivity contribution is 0.213. The number of nitrogens with zero attached hydrogens (tertiary/aromatic N) is 6. The van der Waals surface area contributed by atoms with Crippen molar-refractivity contribution in [1.82, 2.24) is 35.4 Å². The number of likely N-dealkylation sites (N-methyl/N-ethyl adjacent to an activating group) is 1. The number of anilines is 1. The van der Waals surface area contributed by atoms with E-state index >= 15 is 0 Å². The molecule has 1 atom stereocenters. The van der Waals surface area contributed by atoms with Gasteiger partial charge in [-0.1, -0.05) is 19.1 Å². The molecular formula is C29H36N8O. The van der Waals surface area contributed by atoms with Crippen LogP contribution in [0.25, 0.3) is 22.3 Å². The molecule has 6 rings (SSSR count). The van der Waals surface area contributed by atoms with Crippen molar-refractivity contribution < 1.29 is 5.11 Å². The molecule has 1 saturated heterocycles. The van der Waals surface area contributed by atoms with Crippen molar-refractivity contribution >= 4 is 17.0 Å². The maximum atomic E-state index is 10.3. The average Bonchev–Trinajstić information content (AvgIpc) is 3.33. The third-order valence-electron chi connectivity index (χ3n) is 8.18.